The van der Waals surface area contributed by atoms with Gasteiger partial charge in [-0.05, 0) is 105 Å². The van der Waals surface area contributed by atoms with Gasteiger partial charge in [-0.1, -0.05) is 13.8 Å². The lowest BCUT2D eigenvalue weighted by Gasteiger charge is -2.64. The van der Waals surface area contributed by atoms with Crippen molar-refractivity contribution in [1.82, 2.24) is 0 Å². The zero-order chi connectivity index (χ0) is 19.9. The van der Waals surface area contributed by atoms with Crippen LogP contribution in [0.2, 0.25) is 0 Å². The van der Waals surface area contributed by atoms with E-state index >= 15 is 0 Å². The average Bonchev–Trinajstić information content (AvgIpc) is 2.74. The molecule has 0 aliphatic heterocycles. The Labute approximate surface area is 169 Å². The van der Waals surface area contributed by atoms with Crippen molar-refractivity contribution in [2.24, 2.45) is 40.4 Å². The molecular formula is C24H40O4. The van der Waals surface area contributed by atoms with E-state index in [-0.39, 0.29) is 23.5 Å². The van der Waals surface area contributed by atoms with Gasteiger partial charge < -0.3 is 20.4 Å². The SMILES string of the molecule is C[C@]12CC[C@H]3[C@@H](CC[C@]4(O)C[C@@H](O)CC[C@]34C)[C@@H]1[C@@H]1CC[C@@H]1[C@@]2(O)CCCO. The molecule has 5 saturated carbocycles. The molecule has 0 aromatic rings. The van der Waals surface area contributed by atoms with Gasteiger partial charge in [0, 0.05) is 13.0 Å². The van der Waals surface area contributed by atoms with Crippen molar-refractivity contribution in [3.63, 3.8) is 0 Å². The molecule has 0 saturated heterocycles. The maximum Gasteiger partial charge on any atom is 0.0735 e. The van der Waals surface area contributed by atoms with Crippen LogP contribution in [0.4, 0.5) is 0 Å². The number of hydrogen-bond acceptors (Lipinski definition) is 4. The molecule has 28 heavy (non-hydrogen) atoms. The van der Waals surface area contributed by atoms with Crippen LogP contribution in [0.5, 0.6) is 0 Å². The highest BCUT2D eigenvalue weighted by Crippen LogP contribution is 2.75. The fraction of sp³-hybridized carbons (Fsp3) is 1.00. The zero-order valence-corrected chi connectivity index (χ0v) is 17.7. The lowest BCUT2D eigenvalue weighted by molar-refractivity contribution is -0.229. The molecule has 0 aromatic carbocycles. The summed E-state index contributed by atoms with van der Waals surface area (Å²) in [6.45, 7) is 4.83. The largest absolute Gasteiger partial charge is 0.396 e. The Kier molecular flexibility index (Phi) is 4.37. The van der Waals surface area contributed by atoms with E-state index in [9.17, 15) is 20.4 Å². The van der Waals surface area contributed by atoms with E-state index in [0.717, 1.165) is 51.4 Å². The molecule has 10 atom stereocenters. The van der Waals surface area contributed by atoms with Crippen molar-refractivity contribution >= 4 is 0 Å². The predicted molar refractivity (Wildman–Crippen MR) is 107 cm³/mol. The highest BCUT2D eigenvalue weighted by molar-refractivity contribution is 5.22. The van der Waals surface area contributed by atoms with Crippen LogP contribution in [0, 0.1) is 40.4 Å². The number of fused-ring (bicyclic) bond motifs is 7. The minimum Gasteiger partial charge on any atom is -0.396 e. The summed E-state index contributed by atoms with van der Waals surface area (Å²) < 4.78 is 0. The van der Waals surface area contributed by atoms with Crippen LogP contribution >= 0.6 is 0 Å². The van der Waals surface area contributed by atoms with Crippen molar-refractivity contribution in [2.45, 2.75) is 102 Å². The minimum absolute atomic E-state index is 0.0465. The summed E-state index contributed by atoms with van der Waals surface area (Å²) in [6.07, 6.45) is 9.75. The summed E-state index contributed by atoms with van der Waals surface area (Å²) in [7, 11) is 0. The number of aliphatic hydroxyl groups excluding tert-OH is 2. The van der Waals surface area contributed by atoms with Crippen molar-refractivity contribution in [3.8, 4) is 0 Å². The quantitative estimate of drug-likeness (QED) is 0.594. The lowest BCUT2D eigenvalue weighted by Crippen LogP contribution is -2.64. The lowest BCUT2D eigenvalue weighted by atomic mass is 9.42. The van der Waals surface area contributed by atoms with E-state index in [1.807, 2.05) is 0 Å². The normalized spacial score (nSPS) is 60.2. The standard InChI is InChI=1S/C24H40O4/c1-21-10-6-15(26)14-23(21,27)12-7-17-18(21)8-11-22(2)20(17)16-4-5-19(16)24(22,28)9-3-13-25/h15-20,25-28H,3-14H2,1-2H3/t15-,16+,17+,18-,19-,20-,21+,22-,23-,24-/m0/s1. The first kappa shape index (κ1) is 19.8. The van der Waals surface area contributed by atoms with Crippen molar-refractivity contribution < 1.29 is 20.4 Å². The summed E-state index contributed by atoms with van der Waals surface area (Å²) in [5.74, 6) is 2.70. The second kappa shape index (κ2) is 6.18. The van der Waals surface area contributed by atoms with Gasteiger partial charge in [-0.15, -0.1) is 0 Å². The molecule has 0 aromatic heterocycles. The van der Waals surface area contributed by atoms with E-state index in [1.165, 1.54) is 6.42 Å². The molecule has 0 amide bonds. The Bertz CT molecular complexity index is 638. The Morgan fingerprint density at radius 1 is 0.821 bits per heavy atom. The molecule has 5 rings (SSSR count). The zero-order valence-electron chi connectivity index (χ0n) is 17.7. The third-order valence-corrected chi connectivity index (χ3v) is 11.1. The van der Waals surface area contributed by atoms with Crippen LogP contribution in [-0.2, 0) is 0 Å². The van der Waals surface area contributed by atoms with Gasteiger partial charge in [0.1, 0.15) is 0 Å². The highest BCUT2D eigenvalue weighted by Gasteiger charge is 2.73. The van der Waals surface area contributed by atoms with Gasteiger partial charge in [-0.2, -0.15) is 0 Å². The molecule has 0 spiro atoms. The molecule has 4 nitrogen and oxygen atoms in total. The van der Waals surface area contributed by atoms with Gasteiger partial charge in [-0.25, -0.2) is 0 Å². The molecule has 160 valence electrons. The smallest absolute Gasteiger partial charge is 0.0735 e. The van der Waals surface area contributed by atoms with Crippen LogP contribution in [0.15, 0.2) is 0 Å². The fourth-order valence-electron chi connectivity index (χ4n) is 9.57. The van der Waals surface area contributed by atoms with Crippen LogP contribution in [0.3, 0.4) is 0 Å². The Morgan fingerprint density at radius 3 is 2.21 bits per heavy atom. The van der Waals surface area contributed by atoms with Crippen LogP contribution in [0.25, 0.3) is 0 Å². The number of aliphatic hydroxyl groups is 4. The summed E-state index contributed by atoms with van der Waals surface area (Å²) in [4.78, 5) is 0. The first-order valence-corrected chi connectivity index (χ1v) is 11.9. The van der Waals surface area contributed by atoms with Gasteiger partial charge in [-0.3, -0.25) is 0 Å². The molecule has 0 heterocycles. The second-order valence-corrected chi connectivity index (χ2v) is 11.7. The Hall–Kier alpha value is -0.160. The van der Waals surface area contributed by atoms with E-state index < -0.39 is 11.2 Å². The topological polar surface area (TPSA) is 80.9 Å². The van der Waals surface area contributed by atoms with Crippen molar-refractivity contribution in [2.75, 3.05) is 6.61 Å². The summed E-state index contributed by atoms with van der Waals surface area (Å²) in [5, 5.41) is 43.2. The minimum atomic E-state index is -0.718. The van der Waals surface area contributed by atoms with Crippen LogP contribution in [0.1, 0.15) is 84.5 Å². The summed E-state index contributed by atoms with van der Waals surface area (Å²) in [6, 6.07) is 0. The van der Waals surface area contributed by atoms with Crippen molar-refractivity contribution in [3.05, 3.63) is 0 Å². The third kappa shape index (κ3) is 2.22. The van der Waals surface area contributed by atoms with E-state index in [0.29, 0.717) is 42.4 Å². The van der Waals surface area contributed by atoms with Gasteiger partial charge >= 0.3 is 0 Å². The molecule has 0 unspecified atom stereocenters. The summed E-state index contributed by atoms with van der Waals surface area (Å²) in [5.41, 5.74) is -1.48. The maximum atomic E-state index is 11.9. The molecule has 0 bridgehead atoms. The molecule has 5 aliphatic rings. The van der Waals surface area contributed by atoms with Gasteiger partial charge in [0.05, 0.1) is 17.3 Å². The number of hydrogen-bond donors (Lipinski definition) is 4. The van der Waals surface area contributed by atoms with Gasteiger partial charge in [0.15, 0.2) is 0 Å². The van der Waals surface area contributed by atoms with Crippen LogP contribution in [-0.4, -0.2) is 44.3 Å². The van der Waals surface area contributed by atoms with E-state index in [4.69, 9.17) is 0 Å². The second-order valence-electron chi connectivity index (χ2n) is 11.7. The third-order valence-electron chi connectivity index (χ3n) is 11.1. The fourth-order valence-corrected chi connectivity index (χ4v) is 9.57. The Morgan fingerprint density at radius 2 is 1.54 bits per heavy atom. The van der Waals surface area contributed by atoms with Gasteiger partial charge in [0.2, 0.25) is 0 Å². The van der Waals surface area contributed by atoms with Crippen LogP contribution < -0.4 is 0 Å². The average molecular weight is 393 g/mol. The first-order chi connectivity index (χ1) is 13.2. The molecule has 4 N–H and O–H groups in total. The first-order valence-electron chi connectivity index (χ1n) is 11.9. The molecule has 0 radical (unpaired) electrons. The Balaban J connectivity index is 1.49. The van der Waals surface area contributed by atoms with Crippen molar-refractivity contribution in [1.29, 1.82) is 0 Å². The van der Waals surface area contributed by atoms with E-state index in [2.05, 4.69) is 13.8 Å². The predicted octanol–water partition coefficient (Wildman–Crippen LogP) is 3.25. The monoisotopic (exact) mass is 392 g/mol. The summed E-state index contributed by atoms with van der Waals surface area (Å²) >= 11 is 0. The highest BCUT2D eigenvalue weighted by atomic mass is 16.3. The molecule has 4 heteroatoms. The van der Waals surface area contributed by atoms with Gasteiger partial charge in [0.25, 0.3) is 0 Å². The van der Waals surface area contributed by atoms with E-state index in [1.54, 1.807) is 0 Å². The molecule has 5 aliphatic carbocycles. The molecular weight excluding hydrogens is 352 g/mol. The molecule has 5 fully saturated rings. The number of rotatable bonds is 3. The maximum absolute atomic E-state index is 11.9.